The third-order valence-corrected chi connectivity index (χ3v) is 1.46. The highest BCUT2D eigenvalue weighted by Gasteiger charge is 2.36. The first kappa shape index (κ1) is 9.48. The van der Waals surface area contributed by atoms with Gasteiger partial charge in [0.2, 0.25) is 0 Å². The van der Waals surface area contributed by atoms with E-state index in [1.165, 1.54) is 6.08 Å². The van der Waals surface area contributed by atoms with Crippen molar-refractivity contribution in [1.29, 1.82) is 10.8 Å². The van der Waals surface area contributed by atoms with Crippen LogP contribution in [0, 0.1) is 10.8 Å². The highest BCUT2D eigenvalue weighted by Crippen LogP contribution is 2.32. The van der Waals surface area contributed by atoms with Crippen molar-refractivity contribution < 1.29 is 13.2 Å². The minimum absolute atomic E-state index is 0.230. The normalized spacial score (nSPS) is 17.0. The SMILES string of the molecule is N=C=C1C=CC(=N)C=C1C(F)(F)F. The second-order valence-electron chi connectivity index (χ2n) is 2.38. The van der Waals surface area contributed by atoms with Crippen LogP contribution in [0.3, 0.4) is 0 Å². The number of hydrogen-bond acceptors (Lipinski definition) is 2. The van der Waals surface area contributed by atoms with E-state index in [-0.39, 0.29) is 11.3 Å². The molecule has 0 amide bonds. The van der Waals surface area contributed by atoms with Gasteiger partial charge in [0.25, 0.3) is 0 Å². The van der Waals surface area contributed by atoms with Crippen LogP contribution < -0.4 is 0 Å². The van der Waals surface area contributed by atoms with Crippen molar-refractivity contribution in [3.05, 3.63) is 29.4 Å². The summed E-state index contributed by atoms with van der Waals surface area (Å²) in [6.07, 6.45) is -1.61. The zero-order valence-corrected chi connectivity index (χ0v) is 6.37. The van der Waals surface area contributed by atoms with Crippen LogP contribution in [0.5, 0.6) is 0 Å². The highest BCUT2D eigenvalue weighted by molar-refractivity contribution is 6.05. The molecule has 0 spiro atoms. The molecule has 13 heavy (non-hydrogen) atoms. The van der Waals surface area contributed by atoms with Gasteiger partial charge in [-0.05, 0) is 24.1 Å². The summed E-state index contributed by atoms with van der Waals surface area (Å²) < 4.78 is 36.6. The van der Waals surface area contributed by atoms with Crippen LogP contribution in [-0.2, 0) is 0 Å². The van der Waals surface area contributed by atoms with Gasteiger partial charge in [-0.1, -0.05) is 0 Å². The van der Waals surface area contributed by atoms with Gasteiger partial charge in [0.1, 0.15) is 0 Å². The molecular weight excluding hydrogens is 181 g/mol. The summed E-state index contributed by atoms with van der Waals surface area (Å²) in [5.41, 5.74) is -1.56. The lowest BCUT2D eigenvalue weighted by Crippen LogP contribution is -2.17. The molecule has 0 aliphatic heterocycles. The zero-order chi connectivity index (χ0) is 10.1. The summed E-state index contributed by atoms with van der Waals surface area (Å²) in [6, 6.07) is 0. The lowest BCUT2D eigenvalue weighted by Gasteiger charge is -2.13. The number of hydrogen-bond donors (Lipinski definition) is 2. The van der Waals surface area contributed by atoms with Crippen LogP contribution in [0.4, 0.5) is 13.2 Å². The molecule has 0 aromatic rings. The van der Waals surface area contributed by atoms with E-state index in [4.69, 9.17) is 10.8 Å². The highest BCUT2D eigenvalue weighted by atomic mass is 19.4. The van der Waals surface area contributed by atoms with E-state index < -0.39 is 11.7 Å². The molecule has 0 aromatic heterocycles. The maximum absolute atomic E-state index is 12.2. The van der Waals surface area contributed by atoms with Crippen LogP contribution in [0.1, 0.15) is 0 Å². The number of nitrogens with one attached hydrogen (secondary N) is 2. The van der Waals surface area contributed by atoms with Gasteiger partial charge in [-0.3, -0.25) is 5.41 Å². The molecule has 0 unspecified atom stereocenters. The Balaban J connectivity index is 3.20. The van der Waals surface area contributed by atoms with E-state index in [1.54, 1.807) is 5.87 Å². The van der Waals surface area contributed by atoms with Crippen molar-refractivity contribution in [3.63, 3.8) is 0 Å². The van der Waals surface area contributed by atoms with Crippen molar-refractivity contribution in [1.82, 2.24) is 0 Å². The van der Waals surface area contributed by atoms with Gasteiger partial charge in [0, 0.05) is 5.57 Å². The lowest BCUT2D eigenvalue weighted by atomic mass is 9.99. The second kappa shape index (κ2) is 3.03. The van der Waals surface area contributed by atoms with Crippen LogP contribution >= 0.6 is 0 Å². The van der Waals surface area contributed by atoms with E-state index >= 15 is 0 Å². The summed E-state index contributed by atoms with van der Waals surface area (Å²) in [6.45, 7) is 0. The van der Waals surface area contributed by atoms with Crippen molar-refractivity contribution in [2.75, 3.05) is 0 Å². The molecule has 0 heterocycles. The summed E-state index contributed by atoms with van der Waals surface area (Å²) in [5, 5.41) is 13.6. The number of allylic oxidation sites excluding steroid dienone is 5. The maximum atomic E-state index is 12.2. The second-order valence-corrected chi connectivity index (χ2v) is 2.38. The fourth-order valence-electron chi connectivity index (χ4n) is 0.888. The van der Waals surface area contributed by atoms with Crippen molar-refractivity contribution in [2.24, 2.45) is 0 Å². The Bertz CT molecular complexity index is 354. The topological polar surface area (TPSA) is 47.7 Å². The first-order chi connectivity index (χ1) is 5.95. The van der Waals surface area contributed by atoms with Gasteiger partial charge >= 0.3 is 6.18 Å². The van der Waals surface area contributed by atoms with Crippen LogP contribution in [-0.4, -0.2) is 17.8 Å². The Labute approximate surface area is 72.1 Å². The average molecular weight is 186 g/mol. The third-order valence-electron chi connectivity index (χ3n) is 1.46. The number of alkyl halides is 3. The zero-order valence-electron chi connectivity index (χ0n) is 6.37. The van der Waals surface area contributed by atoms with Gasteiger partial charge in [-0.25, -0.2) is 0 Å². The molecule has 5 heteroatoms. The predicted molar refractivity (Wildman–Crippen MR) is 42.2 cm³/mol. The molecule has 0 radical (unpaired) electrons. The molecule has 2 N–H and O–H groups in total. The van der Waals surface area contributed by atoms with Gasteiger partial charge in [-0.2, -0.15) is 13.2 Å². The average Bonchev–Trinajstić information content (AvgIpc) is 2.03. The molecule has 0 fully saturated rings. The smallest absolute Gasteiger partial charge is 0.301 e. The Hall–Kier alpha value is -1.61. The first-order valence-corrected chi connectivity index (χ1v) is 3.30. The molecule has 68 valence electrons. The molecule has 0 saturated heterocycles. The number of halogens is 3. The summed E-state index contributed by atoms with van der Waals surface area (Å²) in [5.74, 6) is 1.68. The van der Waals surface area contributed by atoms with Crippen molar-refractivity contribution in [2.45, 2.75) is 6.18 Å². The Morgan fingerprint density at radius 3 is 2.31 bits per heavy atom. The predicted octanol–water partition coefficient (Wildman–Crippen LogP) is 2.24. The van der Waals surface area contributed by atoms with Crippen LogP contribution in [0.15, 0.2) is 29.4 Å². The molecular formula is C8H5F3N2. The molecule has 1 rings (SSSR count). The first-order valence-electron chi connectivity index (χ1n) is 3.30. The lowest BCUT2D eigenvalue weighted by molar-refractivity contribution is -0.0888. The fourth-order valence-corrected chi connectivity index (χ4v) is 0.888. The summed E-state index contributed by atoms with van der Waals surface area (Å²) >= 11 is 0. The van der Waals surface area contributed by atoms with Gasteiger partial charge in [0.05, 0.1) is 11.3 Å². The van der Waals surface area contributed by atoms with E-state index in [9.17, 15) is 13.2 Å². The van der Waals surface area contributed by atoms with Crippen molar-refractivity contribution >= 4 is 11.6 Å². The molecule has 0 bridgehead atoms. The maximum Gasteiger partial charge on any atom is 0.417 e. The molecule has 1 aliphatic rings. The van der Waals surface area contributed by atoms with E-state index in [1.807, 2.05) is 0 Å². The standard InChI is InChI=1S/C8H5F3N2/c9-8(10,11)7-3-6(13)2-1-5(7)4-12/h1-3,12-13H. The minimum Gasteiger partial charge on any atom is -0.301 e. The van der Waals surface area contributed by atoms with E-state index in [0.717, 1.165) is 6.08 Å². The summed E-state index contributed by atoms with van der Waals surface area (Å²) in [7, 11) is 0. The van der Waals surface area contributed by atoms with Crippen molar-refractivity contribution in [3.8, 4) is 0 Å². The molecule has 1 aliphatic carbocycles. The monoisotopic (exact) mass is 186 g/mol. The minimum atomic E-state index is -4.53. The van der Waals surface area contributed by atoms with Gasteiger partial charge in [-0.15, -0.1) is 0 Å². The molecule has 0 aromatic carbocycles. The van der Waals surface area contributed by atoms with Crippen LogP contribution in [0.25, 0.3) is 0 Å². The largest absolute Gasteiger partial charge is 0.417 e. The van der Waals surface area contributed by atoms with Crippen LogP contribution in [0.2, 0.25) is 0 Å². The molecule has 2 nitrogen and oxygen atoms in total. The van der Waals surface area contributed by atoms with E-state index in [0.29, 0.717) is 6.08 Å². The molecule has 0 atom stereocenters. The Morgan fingerprint density at radius 1 is 1.23 bits per heavy atom. The fraction of sp³-hybridized carbons (Fsp3) is 0.125. The Kier molecular flexibility index (Phi) is 2.21. The quantitative estimate of drug-likeness (QED) is 0.545. The third kappa shape index (κ3) is 1.95. The number of rotatable bonds is 0. The molecule has 0 saturated carbocycles. The van der Waals surface area contributed by atoms with Gasteiger partial charge in [0.15, 0.2) is 0 Å². The van der Waals surface area contributed by atoms with Gasteiger partial charge < -0.3 is 5.41 Å². The summed E-state index contributed by atoms with van der Waals surface area (Å²) in [4.78, 5) is 0. The van der Waals surface area contributed by atoms with E-state index in [2.05, 4.69) is 0 Å². The Morgan fingerprint density at radius 2 is 1.85 bits per heavy atom.